The molecule has 4 nitrogen and oxygen atoms in total. The van der Waals surface area contributed by atoms with Crippen LogP contribution in [0.4, 0.5) is 4.39 Å². The smallest absolute Gasteiger partial charge is 0.338 e. The number of halogens is 1. The predicted molar refractivity (Wildman–Crippen MR) is 53.6 cm³/mol. The van der Waals surface area contributed by atoms with Crippen LogP contribution in [0.1, 0.15) is 16.2 Å². The van der Waals surface area contributed by atoms with E-state index in [1.54, 1.807) is 6.92 Å². The molecule has 1 N–H and O–H groups in total. The Morgan fingerprint density at radius 2 is 2.25 bits per heavy atom. The SMILES string of the molecule is Cc1nc(-c2ccc(F)c(C(=O)O)c2)co1. The summed E-state index contributed by atoms with van der Waals surface area (Å²) in [5, 5.41) is 8.76. The van der Waals surface area contributed by atoms with Crippen LogP contribution in [0.2, 0.25) is 0 Å². The van der Waals surface area contributed by atoms with Crippen LogP contribution in [-0.4, -0.2) is 16.1 Å². The lowest BCUT2D eigenvalue weighted by Gasteiger charge is -2.00. The van der Waals surface area contributed by atoms with E-state index in [4.69, 9.17) is 9.52 Å². The van der Waals surface area contributed by atoms with Crippen molar-refractivity contribution in [2.24, 2.45) is 0 Å². The van der Waals surface area contributed by atoms with Crippen LogP contribution in [0.25, 0.3) is 11.3 Å². The van der Waals surface area contributed by atoms with Crippen molar-refractivity contribution in [1.29, 1.82) is 0 Å². The van der Waals surface area contributed by atoms with Gasteiger partial charge in [-0.15, -0.1) is 0 Å². The summed E-state index contributed by atoms with van der Waals surface area (Å²) in [4.78, 5) is 14.8. The van der Waals surface area contributed by atoms with Crippen LogP contribution in [0.3, 0.4) is 0 Å². The van der Waals surface area contributed by atoms with Gasteiger partial charge in [0.05, 0.1) is 5.56 Å². The molecule has 1 heterocycles. The predicted octanol–water partition coefficient (Wildman–Crippen LogP) is 2.49. The summed E-state index contributed by atoms with van der Waals surface area (Å²) in [6.07, 6.45) is 1.40. The van der Waals surface area contributed by atoms with Crippen LogP contribution < -0.4 is 0 Å². The van der Waals surface area contributed by atoms with Gasteiger partial charge >= 0.3 is 5.97 Å². The van der Waals surface area contributed by atoms with Crippen molar-refractivity contribution in [2.45, 2.75) is 6.92 Å². The number of rotatable bonds is 2. The van der Waals surface area contributed by atoms with Crippen molar-refractivity contribution in [2.75, 3.05) is 0 Å². The van der Waals surface area contributed by atoms with Gasteiger partial charge < -0.3 is 9.52 Å². The van der Waals surface area contributed by atoms with Gasteiger partial charge in [0, 0.05) is 12.5 Å². The highest BCUT2D eigenvalue weighted by molar-refractivity contribution is 5.89. The Bertz CT molecular complexity index is 548. The Morgan fingerprint density at radius 3 is 2.81 bits per heavy atom. The quantitative estimate of drug-likeness (QED) is 0.846. The Kier molecular flexibility index (Phi) is 2.44. The monoisotopic (exact) mass is 221 g/mol. The second kappa shape index (κ2) is 3.77. The zero-order valence-corrected chi connectivity index (χ0v) is 8.40. The second-order valence-electron chi connectivity index (χ2n) is 3.25. The summed E-state index contributed by atoms with van der Waals surface area (Å²) in [6, 6.07) is 3.79. The van der Waals surface area contributed by atoms with Gasteiger partial charge in [0.15, 0.2) is 5.89 Å². The number of carbonyl (C=O) groups is 1. The fourth-order valence-electron chi connectivity index (χ4n) is 1.34. The Hall–Kier alpha value is -2.17. The topological polar surface area (TPSA) is 63.3 Å². The maximum absolute atomic E-state index is 13.1. The molecule has 0 radical (unpaired) electrons. The standard InChI is InChI=1S/C11H8FNO3/c1-6-13-10(5-16-6)7-2-3-9(12)8(4-7)11(14)15/h2-5H,1H3,(H,14,15). The molecule has 0 bridgehead atoms. The molecule has 82 valence electrons. The molecule has 0 atom stereocenters. The lowest BCUT2D eigenvalue weighted by Crippen LogP contribution is -2.00. The summed E-state index contributed by atoms with van der Waals surface area (Å²) in [6.45, 7) is 1.67. The van der Waals surface area contributed by atoms with Gasteiger partial charge in [-0.25, -0.2) is 14.2 Å². The number of benzene rings is 1. The summed E-state index contributed by atoms with van der Waals surface area (Å²) >= 11 is 0. The normalized spacial score (nSPS) is 10.4. The molecule has 2 rings (SSSR count). The van der Waals surface area contributed by atoms with Crippen molar-refractivity contribution in [3.05, 3.63) is 41.7 Å². The molecule has 0 aliphatic heterocycles. The van der Waals surface area contributed by atoms with Gasteiger partial charge in [-0.05, 0) is 18.2 Å². The lowest BCUT2D eigenvalue weighted by molar-refractivity contribution is 0.0692. The van der Waals surface area contributed by atoms with E-state index in [-0.39, 0.29) is 5.56 Å². The van der Waals surface area contributed by atoms with E-state index in [1.807, 2.05) is 0 Å². The number of aromatic carboxylic acids is 1. The van der Waals surface area contributed by atoms with E-state index in [0.29, 0.717) is 17.1 Å². The van der Waals surface area contributed by atoms with Crippen LogP contribution in [-0.2, 0) is 0 Å². The van der Waals surface area contributed by atoms with E-state index in [0.717, 1.165) is 6.07 Å². The number of aryl methyl sites for hydroxylation is 1. The maximum Gasteiger partial charge on any atom is 0.338 e. The first-order valence-electron chi connectivity index (χ1n) is 4.53. The molecular weight excluding hydrogens is 213 g/mol. The van der Waals surface area contributed by atoms with Gasteiger partial charge in [-0.1, -0.05) is 0 Å². The highest BCUT2D eigenvalue weighted by atomic mass is 19.1. The molecule has 1 aromatic carbocycles. The van der Waals surface area contributed by atoms with E-state index in [1.165, 1.54) is 18.4 Å². The fraction of sp³-hybridized carbons (Fsp3) is 0.0909. The largest absolute Gasteiger partial charge is 0.478 e. The Labute approximate surface area is 90.4 Å². The molecule has 0 saturated carbocycles. The van der Waals surface area contributed by atoms with Gasteiger partial charge in [0.1, 0.15) is 17.8 Å². The molecule has 5 heteroatoms. The summed E-state index contributed by atoms with van der Waals surface area (Å²) in [7, 11) is 0. The van der Waals surface area contributed by atoms with Crippen LogP contribution >= 0.6 is 0 Å². The third kappa shape index (κ3) is 1.79. The van der Waals surface area contributed by atoms with Crippen molar-refractivity contribution in [3.8, 4) is 11.3 Å². The third-order valence-electron chi connectivity index (χ3n) is 2.11. The van der Waals surface area contributed by atoms with E-state index in [9.17, 15) is 9.18 Å². The van der Waals surface area contributed by atoms with Crippen LogP contribution in [0, 0.1) is 12.7 Å². The van der Waals surface area contributed by atoms with E-state index >= 15 is 0 Å². The Morgan fingerprint density at radius 1 is 1.50 bits per heavy atom. The molecule has 1 aromatic heterocycles. The molecule has 0 aliphatic rings. The lowest BCUT2D eigenvalue weighted by atomic mass is 10.1. The van der Waals surface area contributed by atoms with Crippen molar-refractivity contribution < 1.29 is 18.7 Å². The number of carboxylic acids is 1. The van der Waals surface area contributed by atoms with Gasteiger partial charge in [0.2, 0.25) is 0 Å². The molecule has 0 aliphatic carbocycles. The Balaban J connectivity index is 2.51. The fourth-order valence-corrected chi connectivity index (χ4v) is 1.34. The second-order valence-corrected chi connectivity index (χ2v) is 3.25. The van der Waals surface area contributed by atoms with Gasteiger partial charge in [-0.2, -0.15) is 0 Å². The molecule has 0 spiro atoms. The minimum absolute atomic E-state index is 0.377. The number of carboxylic acid groups (broad SMARTS) is 1. The van der Waals surface area contributed by atoms with Crippen molar-refractivity contribution in [3.63, 3.8) is 0 Å². The molecular formula is C11H8FNO3. The summed E-state index contributed by atoms with van der Waals surface area (Å²) < 4.78 is 18.1. The van der Waals surface area contributed by atoms with Gasteiger partial charge in [0.25, 0.3) is 0 Å². The van der Waals surface area contributed by atoms with Gasteiger partial charge in [-0.3, -0.25) is 0 Å². The zero-order chi connectivity index (χ0) is 11.7. The van der Waals surface area contributed by atoms with Crippen LogP contribution in [0.15, 0.2) is 28.9 Å². The molecule has 0 amide bonds. The first-order valence-corrected chi connectivity index (χ1v) is 4.53. The average Bonchev–Trinajstić information content (AvgIpc) is 2.65. The number of hydrogen-bond donors (Lipinski definition) is 1. The summed E-state index contributed by atoms with van der Waals surface area (Å²) in [5.74, 6) is -1.60. The first kappa shape index (κ1) is 10.4. The minimum atomic E-state index is -1.31. The van der Waals surface area contributed by atoms with E-state index in [2.05, 4.69) is 4.98 Å². The first-order chi connectivity index (χ1) is 7.58. The highest BCUT2D eigenvalue weighted by Crippen LogP contribution is 2.21. The summed E-state index contributed by atoms with van der Waals surface area (Å²) in [5.41, 5.74) is 0.619. The minimum Gasteiger partial charge on any atom is -0.478 e. The molecule has 0 unspecified atom stereocenters. The molecule has 16 heavy (non-hydrogen) atoms. The number of oxazole rings is 1. The molecule has 2 aromatic rings. The zero-order valence-electron chi connectivity index (χ0n) is 8.40. The van der Waals surface area contributed by atoms with E-state index < -0.39 is 11.8 Å². The molecule has 0 saturated heterocycles. The highest BCUT2D eigenvalue weighted by Gasteiger charge is 2.12. The van der Waals surface area contributed by atoms with Crippen LogP contribution in [0.5, 0.6) is 0 Å². The number of nitrogens with zero attached hydrogens (tertiary/aromatic N) is 1. The molecule has 0 fully saturated rings. The number of aromatic nitrogens is 1. The van der Waals surface area contributed by atoms with Crippen molar-refractivity contribution >= 4 is 5.97 Å². The third-order valence-corrected chi connectivity index (χ3v) is 2.11. The van der Waals surface area contributed by atoms with Crippen molar-refractivity contribution in [1.82, 2.24) is 4.98 Å². The number of hydrogen-bond acceptors (Lipinski definition) is 3. The maximum atomic E-state index is 13.1. The average molecular weight is 221 g/mol.